The summed E-state index contributed by atoms with van der Waals surface area (Å²) >= 11 is 4.80. The Kier molecular flexibility index (Phi) is 3.56. The molecule has 1 aliphatic heterocycles. The van der Waals surface area contributed by atoms with Gasteiger partial charge in [-0.3, -0.25) is 4.79 Å². The molecule has 13 heavy (non-hydrogen) atoms. The average molecular weight is 210 g/mol. The zero-order valence-corrected chi connectivity index (χ0v) is 9.84. The maximum absolute atomic E-state index is 11.1. The topological polar surface area (TPSA) is 78.8 Å². The molecule has 1 aromatic rings. The summed E-state index contributed by atoms with van der Waals surface area (Å²) in [6.07, 6.45) is 0.459. The van der Waals surface area contributed by atoms with Crippen LogP contribution in [0.4, 0.5) is 0 Å². The maximum Gasteiger partial charge on any atom is 1.00 e. The number of nitrogens with one attached hydrogen (secondary N) is 2. The van der Waals surface area contributed by atoms with E-state index in [1.165, 1.54) is 9.91 Å². The first-order valence-corrected chi connectivity index (χ1v) is 3.77. The van der Waals surface area contributed by atoms with E-state index in [-0.39, 0.29) is 41.7 Å². The summed E-state index contributed by atoms with van der Waals surface area (Å²) in [5.41, 5.74) is 2.82. The molecule has 1 amide bonds. The normalized spacial score (nSPS) is 16.0. The van der Waals surface area contributed by atoms with Crippen molar-refractivity contribution in [2.24, 2.45) is 0 Å². The van der Waals surface area contributed by atoms with Crippen molar-refractivity contribution in [3.8, 4) is 0 Å². The van der Waals surface area contributed by atoms with Crippen LogP contribution < -0.4 is 40.1 Å². The van der Waals surface area contributed by atoms with E-state index in [0.29, 0.717) is 13.0 Å². The Morgan fingerprint density at radius 1 is 1.62 bits per heavy atom. The average Bonchev–Trinajstić information content (AvgIpc) is 2.59. The molecule has 0 aliphatic carbocycles. The molecular formula is C4H7N6NaOS. The van der Waals surface area contributed by atoms with Crippen LogP contribution in [-0.4, -0.2) is 32.8 Å². The van der Waals surface area contributed by atoms with Gasteiger partial charge in [-0.25, -0.2) is 5.43 Å². The number of tetrazole rings is 1. The molecule has 66 valence electrons. The Bertz CT molecular complexity index is 365. The fourth-order valence-corrected chi connectivity index (χ4v) is 1.13. The number of carbonyl (C=O) groups is 1. The predicted octanol–water partition coefficient (Wildman–Crippen LogP) is -4.17. The summed E-state index contributed by atoms with van der Waals surface area (Å²) in [6, 6.07) is 0. The molecule has 2 rings (SSSR count). The van der Waals surface area contributed by atoms with Crippen LogP contribution in [0.1, 0.15) is 7.85 Å². The molecule has 0 bridgehead atoms. The molecule has 0 unspecified atom stereocenters. The van der Waals surface area contributed by atoms with Gasteiger partial charge in [-0.15, -0.1) is 4.79 Å². The molecule has 7 nitrogen and oxygen atoms in total. The number of nitrogens with zero attached hydrogens (tertiary/aromatic N) is 4. The van der Waals surface area contributed by atoms with Gasteiger partial charge in [-0.05, 0) is 17.4 Å². The van der Waals surface area contributed by atoms with E-state index in [1.54, 1.807) is 0 Å². The maximum atomic E-state index is 11.1. The van der Waals surface area contributed by atoms with E-state index < -0.39 is 0 Å². The molecular weight excluding hydrogens is 203 g/mol. The van der Waals surface area contributed by atoms with Crippen LogP contribution >= 0.6 is 12.2 Å². The van der Waals surface area contributed by atoms with Gasteiger partial charge in [0.15, 0.2) is 0 Å². The van der Waals surface area contributed by atoms with Gasteiger partial charge in [0.2, 0.25) is 0 Å². The molecule has 0 atom stereocenters. The van der Waals surface area contributed by atoms with Crippen molar-refractivity contribution in [1.29, 1.82) is 0 Å². The first-order chi connectivity index (χ1) is 5.79. The van der Waals surface area contributed by atoms with E-state index >= 15 is 0 Å². The van der Waals surface area contributed by atoms with E-state index in [1.807, 2.05) is 0 Å². The number of aromatic nitrogens is 4. The first kappa shape index (κ1) is 10.8. The molecule has 0 spiro atoms. The first-order valence-electron chi connectivity index (χ1n) is 3.36. The van der Waals surface area contributed by atoms with Crippen LogP contribution in [0.25, 0.3) is 0 Å². The number of aromatic amines is 1. The number of hydrogen-bond donors (Lipinski definition) is 2. The van der Waals surface area contributed by atoms with Gasteiger partial charge in [0.25, 0.3) is 10.7 Å². The number of rotatable bonds is 1. The van der Waals surface area contributed by atoms with Crippen molar-refractivity contribution < 1.29 is 35.8 Å². The third kappa shape index (κ3) is 1.97. The second kappa shape index (κ2) is 4.29. The van der Waals surface area contributed by atoms with E-state index in [0.717, 1.165) is 0 Å². The Hall–Kier alpha value is -0.280. The monoisotopic (exact) mass is 210 g/mol. The minimum Gasteiger partial charge on any atom is -1.00 e. The second-order valence-corrected chi connectivity index (χ2v) is 2.62. The molecule has 1 saturated heterocycles. The summed E-state index contributed by atoms with van der Waals surface area (Å²) < 4.78 is 0.220. The SMILES string of the molecule is O=C1CCNN1n1[nH]nnc1=S.[H-].[Na+]. The molecule has 0 radical (unpaired) electrons. The van der Waals surface area contributed by atoms with Gasteiger partial charge in [0, 0.05) is 13.0 Å². The van der Waals surface area contributed by atoms with Gasteiger partial charge in [-0.1, -0.05) is 5.10 Å². The number of amides is 1. The molecule has 9 heteroatoms. The minimum absolute atomic E-state index is 0. The van der Waals surface area contributed by atoms with Crippen molar-refractivity contribution in [2.45, 2.75) is 6.42 Å². The third-order valence-electron chi connectivity index (χ3n) is 1.49. The van der Waals surface area contributed by atoms with Crippen LogP contribution in [0, 0.1) is 4.77 Å². The van der Waals surface area contributed by atoms with Crippen LogP contribution in [0.15, 0.2) is 0 Å². The molecule has 1 aliphatic rings. The summed E-state index contributed by atoms with van der Waals surface area (Å²) in [6.45, 7) is 0.611. The molecule has 2 heterocycles. The summed E-state index contributed by atoms with van der Waals surface area (Å²) in [5.74, 6) is -0.0582. The van der Waals surface area contributed by atoms with Gasteiger partial charge < -0.3 is 1.43 Å². The third-order valence-corrected chi connectivity index (χ3v) is 1.75. The smallest absolute Gasteiger partial charge is 1.00 e. The zero-order chi connectivity index (χ0) is 8.55. The molecule has 0 saturated carbocycles. The van der Waals surface area contributed by atoms with E-state index in [2.05, 4.69) is 21.0 Å². The van der Waals surface area contributed by atoms with Crippen molar-refractivity contribution in [2.75, 3.05) is 11.7 Å². The molecule has 0 aromatic carbocycles. The minimum atomic E-state index is -0.0582. The summed E-state index contributed by atoms with van der Waals surface area (Å²) in [5, 5.41) is 10.7. The summed E-state index contributed by atoms with van der Waals surface area (Å²) in [4.78, 5) is 12.4. The van der Waals surface area contributed by atoms with Crippen LogP contribution in [0.2, 0.25) is 0 Å². The van der Waals surface area contributed by atoms with E-state index in [9.17, 15) is 4.79 Å². The number of hydrogen-bond acceptors (Lipinski definition) is 5. The molecule has 1 aromatic heterocycles. The Morgan fingerprint density at radius 2 is 2.38 bits per heavy atom. The fourth-order valence-electron chi connectivity index (χ4n) is 0.968. The number of carbonyl (C=O) groups excluding carboxylic acids is 1. The second-order valence-electron chi connectivity index (χ2n) is 2.26. The van der Waals surface area contributed by atoms with E-state index in [4.69, 9.17) is 12.2 Å². The molecule has 1 fully saturated rings. The van der Waals surface area contributed by atoms with Crippen LogP contribution in [0.5, 0.6) is 0 Å². The summed E-state index contributed by atoms with van der Waals surface area (Å²) in [7, 11) is 0. The standard InChI is InChI=1S/C4H6N6OS.Na.H/c11-3-1-2-5-9(3)10-4(12)6-7-8-10;;/h5H,1-2H2,(H,6,8,12);;/q;+1;-1. The number of H-pyrrole nitrogens is 1. The van der Waals surface area contributed by atoms with Gasteiger partial charge in [0.1, 0.15) is 0 Å². The van der Waals surface area contributed by atoms with Gasteiger partial charge in [0.05, 0.1) is 0 Å². The largest absolute Gasteiger partial charge is 1.00 e. The fraction of sp³-hybridized carbons (Fsp3) is 0.500. The van der Waals surface area contributed by atoms with Crippen molar-refractivity contribution in [1.82, 2.24) is 25.7 Å². The van der Waals surface area contributed by atoms with Crippen LogP contribution in [0.3, 0.4) is 0 Å². The predicted molar refractivity (Wildman–Crippen MR) is 42.2 cm³/mol. The zero-order valence-electron chi connectivity index (χ0n) is 8.02. The van der Waals surface area contributed by atoms with Crippen molar-refractivity contribution in [3.63, 3.8) is 0 Å². The molecule has 2 N–H and O–H groups in total. The Morgan fingerprint density at radius 3 is 2.85 bits per heavy atom. The van der Waals surface area contributed by atoms with Gasteiger partial charge >= 0.3 is 29.6 Å². The van der Waals surface area contributed by atoms with Gasteiger partial charge in [-0.2, -0.15) is 10.3 Å². The Labute approximate surface area is 102 Å². The Balaban J connectivity index is 0.000000845. The van der Waals surface area contributed by atoms with Crippen molar-refractivity contribution >= 4 is 18.1 Å². The quantitative estimate of drug-likeness (QED) is 0.363. The van der Waals surface area contributed by atoms with Crippen LogP contribution in [-0.2, 0) is 4.79 Å². The number of hydrazine groups is 1. The van der Waals surface area contributed by atoms with Crippen molar-refractivity contribution in [3.05, 3.63) is 4.77 Å².